The van der Waals surface area contributed by atoms with Gasteiger partial charge in [-0.2, -0.15) is 0 Å². The maximum Gasteiger partial charge on any atom is 0.311 e. The lowest BCUT2D eigenvalue weighted by Gasteiger charge is -2.36. The van der Waals surface area contributed by atoms with E-state index >= 15 is 0 Å². The largest absolute Gasteiger partial charge is 0.481 e. The first kappa shape index (κ1) is 26.6. The minimum atomic E-state index is -1.21. The lowest BCUT2D eigenvalue weighted by molar-refractivity contribution is -0.152. The number of aliphatic carboxylic acids is 2. The zero-order chi connectivity index (χ0) is 24.3. The van der Waals surface area contributed by atoms with Crippen molar-refractivity contribution < 1.29 is 29.4 Å². The number of amides is 2. The number of rotatable bonds is 14. The van der Waals surface area contributed by atoms with Gasteiger partial charge >= 0.3 is 11.9 Å². The number of carboxylic acids is 2. The number of carbonyl (C=O) groups is 4. The Hall–Kier alpha value is -3.43. The van der Waals surface area contributed by atoms with Gasteiger partial charge in [-0.05, 0) is 49.9 Å². The molecule has 0 saturated carbocycles. The van der Waals surface area contributed by atoms with E-state index < -0.39 is 35.2 Å². The molecule has 0 bridgehead atoms. The summed E-state index contributed by atoms with van der Waals surface area (Å²) >= 11 is 0. The van der Waals surface area contributed by atoms with Gasteiger partial charge in [-0.3, -0.25) is 24.6 Å². The van der Waals surface area contributed by atoms with Crippen LogP contribution in [0, 0.1) is 10.8 Å². The molecule has 10 heteroatoms. The molecule has 1 unspecified atom stereocenters. The molecule has 1 aromatic carbocycles. The van der Waals surface area contributed by atoms with Crippen LogP contribution in [0.2, 0.25) is 0 Å². The van der Waals surface area contributed by atoms with E-state index in [4.69, 9.17) is 16.2 Å². The van der Waals surface area contributed by atoms with Gasteiger partial charge in [0.25, 0.3) is 0 Å². The monoisotopic (exact) mass is 448 g/mol. The van der Waals surface area contributed by atoms with Gasteiger partial charge in [0.2, 0.25) is 11.8 Å². The standard InChI is InChI=1S/C22H32N4O6/c1-3-22(4-2,21(31)32)16(6-5-7-19(29)30)26-18(28)13-12-17(27)25-15-10-8-14(9-11-15)20(23)24/h8-11,16H,3-7,12-13H2,1-2H3,(H3,23,24)(H,25,27)(H,26,28)(H,29,30)(H,31,32). The summed E-state index contributed by atoms with van der Waals surface area (Å²) < 4.78 is 0. The number of hydrogen-bond acceptors (Lipinski definition) is 5. The quantitative estimate of drug-likeness (QED) is 0.186. The van der Waals surface area contributed by atoms with E-state index in [-0.39, 0.29) is 50.8 Å². The van der Waals surface area contributed by atoms with Crippen LogP contribution in [0.15, 0.2) is 24.3 Å². The number of carbonyl (C=O) groups excluding carboxylic acids is 2. The summed E-state index contributed by atoms with van der Waals surface area (Å²) in [6.07, 6.45) is 0.602. The van der Waals surface area contributed by atoms with Gasteiger partial charge in [0, 0.05) is 36.6 Å². The van der Waals surface area contributed by atoms with Gasteiger partial charge in [0.15, 0.2) is 0 Å². The molecule has 0 saturated heterocycles. The summed E-state index contributed by atoms with van der Waals surface area (Å²) in [5.74, 6) is -2.99. The second-order valence-electron chi connectivity index (χ2n) is 7.61. The van der Waals surface area contributed by atoms with Crippen molar-refractivity contribution in [3.05, 3.63) is 29.8 Å². The molecule has 0 aromatic heterocycles. The molecule has 0 heterocycles. The Labute approximate surface area is 187 Å². The van der Waals surface area contributed by atoms with Crippen LogP contribution in [0.1, 0.15) is 64.4 Å². The highest BCUT2D eigenvalue weighted by atomic mass is 16.4. The van der Waals surface area contributed by atoms with E-state index in [0.29, 0.717) is 11.3 Å². The van der Waals surface area contributed by atoms with E-state index in [1.54, 1.807) is 38.1 Å². The molecule has 0 spiro atoms. The van der Waals surface area contributed by atoms with Crippen molar-refractivity contribution in [1.82, 2.24) is 5.32 Å². The Kier molecular flexibility index (Phi) is 10.3. The van der Waals surface area contributed by atoms with Gasteiger partial charge < -0.3 is 26.6 Å². The number of anilines is 1. The zero-order valence-corrected chi connectivity index (χ0v) is 18.4. The maximum absolute atomic E-state index is 12.5. The molecule has 0 fully saturated rings. The first-order chi connectivity index (χ1) is 15.0. The molecule has 7 N–H and O–H groups in total. The van der Waals surface area contributed by atoms with Crippen molar-refractivity contribution in [2.45, 2.75) is 64.8 Å². The first-order valence-electron chi connectivity index (χ1n) is 10.5. The van der Waals surface area contributed by atoms with Gasteiger partial charge in [-0.25, -0.2) is 0 Å². The molecule has 2 amide bonds. The fourth-order valence-electron chi connectivity index (χ4n) is 3.59. The lowest BCUT2D eigenvalue weighted by atomic mass is 9.73. The maximum atomic E-state index is 12.5. The molecule has 32 heavy (non-hydrogen) atoms. The smallest absolute Gasteiger partial charge is 0.311 e. The number of amidine groups is 1. The minimum absolute atomic E-state index is 0.0888. The fourth-order valence-corrected chi connectivity index (χ4v) is 3.59. The molecule has 0 aliphatic rings. The first-order valence-corrected chi connectivity index (χ1v) is 10.5. The summed E-state index contributed by atoms with van der Waals surface area (Å²) in [4.78, 5) is 47.5. The Morgan fingerprint density at radius 1 is 1.00 bits per heavy atom. The number of nitrogens with one attached hydrogen (secondary N) is 3. The van der Waals surface area contributed by atoms with Gasteiger partial charge in [0.05, 0.1) is 5.41 Å². The van der Waals surface area contributed by atoms with Crippen LogP contribution in [0.25, 0.3) is 0 Å². The van der Waals surface area contributed by atoms with Crippen LogP contribution in [-0.2, 0) is 19.2 Å². The third kappa shape index (κ3) is 7.68. The molecule has 0 radical (unpaired) electrons. The third-order valence-corrected chi connectivity index (χ3v) is 5.63. The fraction of sp³-hybridized carbons (Fsp3) is 0.500. The predicted molar refractivity (Wildman–Crippen MR) is 119 cm³/mol. The van der Waals surface area contributed by atoms with Crippen molar-refractivity contribution in [3.63, 3.8) is 0 Å². The zero-order valence-electron chi connectivity index (χ0n) is 18.4. The Morgan fingerprint density at radius 3 is 2.03 bits per heavy atom. The van der Waals surface area contributed by atoms with Crippen molar-refractivity contribution >= 4 is 35.3 Å². The molecule has 0 aliphatic heterocycles. The Bertz CT molecular complexity index is 833. The van der Waals surface area contributed by atoms with E-state index in [0.717, 1.165) is 0 Å². The average Bonchev–Trinajstić information content (AvgIpc) is 2.73. The summed E-state index contributed by atoms with van der Waals surface area (Å²) in [7, 11) is 0. The van der Waals surface area contributed by atoms with Gasteiger partial charge in [0.1, 0.15) is 5.84 Å². The SMILES string of the molecule is CCC(CC)(C(=O)O)C(CCCC(=O)O)NC(=O)CCC(=O)Nc1ccc(C(=N)N)cc1. The second-order valence-corrected chi connectivity index (χ2v) is 7.61. The second kappa shape index (κ2) is 12.4. The van der Waals surface area contributed by atoms with Crippen LogP contribution in [-0.4, -0.2) is 45.8 Å². The minimum Gasteiger partial charge on any atom is -0.481 e. The molecule has 1 atom stereocenters. The number of carboxylic acid groups (broad SMARTS) is 2. The average molecular weight is 449 g/mol. The summed E-state index contributed by atoms with van der Waals surface area (Å²) in [6.45, 7) is 3.44. The number of nitrogens with two attached hydrogens (primary N) is 1. The molecule has 1 aromatic rings. The molecular weight excluding hydrogens is 416 g/mol. The predicted octanol–water partition coefficient (Wildman–Crippen LogP) is 2.32. The topological polar surface area (TPSA) is 183 Å². The number of hydrogen-bond donors (Lipinski definition) is 6. The summed E-state index contributed by atoms with van der Waals surface area (Å²) in [5.41, 5.74) is 5.19. The molecular formula is C22H32N4O6. The third-order valence-electron chi connectivity index (χ3n) is 5.63. The van der Waals surface area contributed by atoms with Gasteiger partial charge in [-0.15, -0.1) is 0 Å². The van der Waals surface area contributed by atoms with E-state index in [1.807, 2.05) is 0 Å². The molecule has 1 rings (SSSR count). The highest BCUT2D eigenvalue weighted by Crippen LogP contribution is 2.34. The lowest BCUT2D eigenvalue weighted by Crippen LogP contribution is -2.51. The van der Waals surface area contributed by atoms with Crippen molar-refractivity contribution in [2.24, 2.45) is 11.1 Å². The highest BCUT2D eigenvalue weighted by molar-refractivity contribution is 5.96. The Balaban J connectivity index is 2.73. The van der Waals surface area contributed by atoms with E-state index in [1.165, 1.54) is 0 Å². The Morgan fingerprint density at radius 2 is 1.56 bits per heavy atom. The molecule has 0 aliphatic carbocycles. The van der Waals surface area contributed by atoms with E-state index in [2.05, 4.69) is 10.6 Å². The van der Waals surface area contributed by atoms with Crippen molar-refractivity contribution in [2.75, 3.05) is 5.32 Å². The highest BCUT2D eigenvalue weighted by Gasteiger charge is 2.43. The normalized spacial score (nSPS) is 11.9. The van der Waals surface area contributed by atoms with Gasteiger partial charge in [-0.1, -0.05) is 13.8 Å². The van der Waals surface area contributed by atoms with Crippen LogP contribution in [0.4, 0.5) is 5.69 Å². The van der Waals surface area contributed by atoms with Crippen LogP contribution in [0.5, 0.6) is 0 Å². The van der Waals surface area contributed by atoms with Crippen molar-refractivity contribution in [3.8, 4) is 0 Å². The van der Waals surface area contributed by atoms with E-state index in [9.17, 15) is 24.3 Å². The molecule has 10 nitrogen and oxygen atoms in total. The van der Waals surface area contributed by atoms with Crippen LogP contribution >= 0.6 is 0 Å². The summed E-state index contributed by atoms with van der Waals surface area (Å²) in [5, 5.41) is 31.4. The number of benzene rings is 1. The van der Waals surface area contributed by atoms with Crippen molar-refractivity contribution in [1.29, 1.82) is 5.41 Å². The number of nitrogen functional groups attached to an aromatic ring is 1. The summed E-state index contributed by atoms with van der Waals surface area (Å²) in [6, 6.07) is 5.62. The van der Waals surface area contributed by atoms with Crippen LogP contribution < -0.4 is 16.4 Å². The van der Waals surface area contributed by atoms with Crippen LogP contribution in [0.3, 0.4) is 0 Å². The molecule has 176 valence electrons.